The van der Waals surface area contributed by atoms with Crippen molar-refractivity contribution in [1.29, 1.82) is 0 Å². The highest BCUT2D eigenvalue weighted by Gasteiger charge is 2.34. The normalized spacial score (nSPS) is 26.2. The molecule has 0 aliphatic carbocycles. The summed E-state index contributed by atoms with van der Waals surface area (Å²) in [5, 5.41) is 8.34. The number of hydrogen-bond acceptors (Lipinski definition) is 6. The third-order valence-corrected chi connectivity index (χ3v) is 4.97. The van der Waals surface area contributed by atoms with Crippen molar-refractivity contribution >= 4 is 0 Å². The SMILES string of the molecule is CN1[C@H]2CC[C@@H]1CN(Cc1nnc(-c3cccnc3)o1)CC2. The van der Waals surface area contributed by atoms with Crippen molar-refractivity contribution in [2.45, 2.75) is 37.9 Å². The lowest BCUT2D eigenvalue weighted by molar-refractivity contribution is 0.202. The molecule has 0 amide bonds. The zero-order valence-electron chi connectivity index (χ0n) is 12.9. The summed E-state index contributed by atoms with van der Waals surface area (Å²) in [5.41, 5.74) is 0.871. The van der Waals surface area contributed by atoms with Gasteiger partial charge in [0, 0.05) is 37.6 Å². The summed E-state index contributed by atoms with van der Waals surface area (Å²) in [5.74, 6) is 1.25. The van der Waals surface area contributed by atoms with Gasteiger partial charge in [-0.05, 0) is 38.4 Å². The van der Waals surface area contributed by atoms with Crippen LogP contribution < -0.4 is 0 Å². The first-order chi connectivity index (χ1) is 10.8. The Morgan fingerprint density at radius 1 is 1.23 bits per heavy atom. The van der Waals surface area contributed by atoms with Gasteiger partial charge in [0.05, 0.1) is 12.1 Å². The van der Waals surface area contributed by atoms with Crippen LogP contribution in [0.3, 0.4) is 0 Å². The molecule has 2 bridgehead atoms. The van der Waals surface area contributed by atoms with Gasteiger partial charge in [0.1, 0.15) is 0 Å². The Labute approximate surface area is 130 Å². The van der Waals surface area contributed by atoms with Crippen molar-refractivity contribution in [3.63, 3.8) is 0 Å². The lowest BCUT2D eigenvalue weighted by Crippen LogP contribution is -2.36. The summed E-state index contributed by atoms with van der Waals surface area (Å²) < 4.78 is 5.80. The molecule has 0 radical (unpaired) electrons. The van der Waals surface area contributed by atoms with Crippen LogP contribution in [0.1, 0.15) is 25.2 Å². The molecule has 2 saturated heterocycles. The molecule has 0 N–H and O–H groups in total. The van der Waals surface area contributed by atoms with Gasteiger partial charge in [-0.3, -0.25) is 14.8 Å². The molecule has 6 heteroatoms. The van der Waals surface area contributed by atoms with E-state index in [1.54, 1.807) is 12.4 Å². The van der Waals surface area contributed by atoms with Gasteiger partial charge in [0.25, 0.3) is 0 Å². The highest BCUT2D eigenvalue weighted by atomic mass is 16.4. The number of fused-ring (bicyclic) bond motifs is 2. The van der Waals surface area contributed by atoms with Crippen molar-refractivity contribution in [2.75, 3.05) is 20.1 Å². The van der Waals surface area contributed by atoms with Crippen molar-refractivity contribution in [1.82, 2.24) is 25.0 Å². The monoisotopic (exact) mass is 299 g/mol. The topological polar surface area (TPSA) is 58.3 Å². The Morgan fingerprint density at radius 3 is 3.00 bits per heavy atom. The van der Waals surface area contributed by atoms with Crippen LogP contribution in [-0.2, 0) is 6.54 Å². The Hall–Kier alpha value is -1.79. The molecule has 2 aromatic heterocycles. The van der Waals surface area contributed by atoms with E-state index in [0.717, 1.165) is 31.2 Å². The molecular formula is C16H21N5O. The number of pyridine rings is 1. The number of aromatic nitrogens is 3. The molecule has 0 spiro atoms. The zero-order valence-corrected chi connectivity index (χ0v) is 12.9. The third kappa shape index (κ3) is 2.64. The minimum atomic E-state index is 0.552. The van der Waals surface area contributed by atoms with Gasteiger partial charge in [0.2, 0.25) is 11.8 Å². The summed E-state index contributed by atoms with van der Waals surface area (Å²) in [4.78, 5) is 9.08. The summed E-state index contributed by atoms with van der Waals surface area (Å²) >= 11 is 0. The van der Waals surface area contributed by atoms with Gasteiger partial charge >= 0.3 is 0 Å². The first-order valence-electron chi connectivity index (χ1n) is 7.96. The Bertz CT molecular complexity index is 628. The molecule has 0 aromatic carbocycles. The van der Waals surface area contributed by atoms with Crippen molar-refractivity contribution in [2.24, 2.45) is 0 Å². The Morgan fingerprint density at radius 2 is 2.14 bits per heavy atom. The van der Waals surface area contributed by atoms with Gasteiger partial charge < -0.3 is 4.42 Å². The van der Waals surface area contributed by atoms with Gasteiger partial charge in [-0.2, -0.15) is 0 Å². The first-order valence-corrected chi connectivity index (χ1v) is 7.96. The fourth-order valence-electron chi connectivity index (χ4n) is 3.64. The van der Waals surface area contributed by atoms with E-state index in [0.29, 0.717) is 17.8 Å². The number of rotatable bonds is 3. The van der Waals surface area contributed by atoms with Crippen LogP contribution in [0.4, 0.5) is 0 Å². The number of nitrogens with zero attached hydrogens (tertiary/aromatic N) is 5. The van der Waals surface area contributed by atoms with Gasteiger partial charge in [-0.1, -0.05) is 0 Å². The molecular weight excluding hydrogens is 278 g/mol. The minimum absolute atomic E-state index is 0.552. The van der Waals surface area contributed by atoms with Crippen molar-refractivity contribution in [3.05, 3.63) is 30.4 Å². The predicted octanol–water partition coefficient (Wildman–Crippen LogP) is 1.80. The molecule has 4 heterocycles. The molecule has 2 aliphatic heterocycles. The van der Waals surface area contributed by atoms with Gasteiger partial charge in [-0.25, -0.2) is 0 Å². The maximum Gasteiger partial charge on any atom is 0.249 e. The molecule has 0 unspecified atom stereocenters. The molecule has 2 atom stereocenters. The second-order valence-electron chi connectivity index (χ2n) is 6.32. The van der Waals surface area contributed by atoms with Crippen LogP contribution in [-0.4, -0.2) is 57.2 Å². The highest BCUT2D eigenvalue weighted by molar-refractivity contribution is 5.49. The minimum Gasteiger partial charge on any atom is -0.419 e. The number of hydrogen-bond donors (Lipinski definition) is 0. The fraction of sp³-hybridized carbons (Fsp3) is 0.562. The van der Waals surface area contributed by atoms with Crippen LogP contribution >= 0.6 is 0 Å². The smallest absolute Gasteiger partial charge is 0.249 e. The van der Waals surface area contributed by atoms with Crippen LogP contribution in [0.15, 0.2) is 28.9 Å². The summed E-state index contributed by atoms with van der Waals surface area (Å²) in [6.07, 6.45) is 7.38. The molecule has 116 valence electrons. The van der Waals surface area contributed by atoms with Gasteiger partial charge in [0.15, 0.2) is 0 Å². The third-order valence-electron chi connectivity index (χ3n) is 4.97. The quantitative estimate of drug-likeness (QED) is 0.861. The van der Waals surface area contributed by atoms with Gasteiger partial charge in [-0.15, -0.1) is 10.2 Å². The molecule has 6 nitrogen and oxygen atoms in total. The zero-order chi connectivity index (χ0) is 14.9. The maximum atomic E-state index is 5.80. The molecule has 22 heavy (non-hydrogen) atoms. The van der Waals surface area contributed by atoms with Crippen LogP contribution in [0, 0.1) is 0 Å². The molecule has 2 aromatic rings. The largest absolute Gasteiger partial charge is 0.419 e. The standard InChI is InChI=1S/C16H21N5O/c1-20-13-4-5-14(20)10-21(8-6-13)11-15-18-19-16(22-15)12-3-2-7-17-9-12/h2-3,7,9,13-14H,4-6,8,10-11H2,1H3/t13-,14+/m0/s1. The van der Waals surface area contributed by atoms with Crippen LogP contribution in [0.25, 0.3) is 11.5 Å². The van der Waals surface area contributed by atoms with Crippen molar-refractivity contribution in [3.8, 4) is 11.5 Å². The van der Waals surface area contributed by atoms with E-state index in [1.807, 2.05) is 12.1 Å². The maximum absolute atomic E-state index is 5.80. The van der Waals surface area contributed by atoms with Crippen LogP contribution in [0.5, 0.6) is 0 Å². The first kappa shape index (κ1) is 13.8. The van der Waals surface area contributed by atoms with E-state index in [1.165, 1.54) is 19.3 Å². The average molecular weight is 299 g/mol. The van der Waals surface area contributed by atoms with E-state index in [-0.39, 0.29) is 0 Å². The molecule has 0 saturated carbocycles. The lowest BCUT2D eigenvalue weighted by atomic mass is 10.1. The highest BCUT2D eigenvalue weighted by Crippen LogP contribution is 2.29. The number of likely N-dealkylation sites (N-methyl/N-ethyl adjacent to an activating group) is 1. The fourth-order valence-corrected chi connectivity index (χ4v) is 3.64. The summed E-state index contributed by atoms with van der Waals surface area (Å²) in [6.45, 7) is 2.94. The van der Waals surface area contributed by atoms with E-state index >= 15 is 0 Å². The number of likely N-dealkylation sites (tertiary alicyclic amines) is 1. The second kappa shape index (κ2) is 5.78. The average Bonchev–Trinajstić information content (AvgIpc) is 3.08. The van der Waals surface area contributed by atoms with E-state index in [2.05, 4.69) is 32.0 Å². The van der Waals surface area contributed by atoms with E-state index < -0.39 is 0 Å². The lowest BCUT2D eigenvalue weighted by Gasteiger charge is -2.24. The van der Waals surface area contributed by atoms with Crippen LogP contribution in [0.2, 0.25) is 0 Å². The molecule has 2 fully saturated rings. The molecule has 4 rings (SSSR count). The Balaban J connectivity index is 1.45. The summed E-state index contributed by atoms with van der Waals surface area (Å²) in [7, 11) is 2.26. The van der Waals surface area contributed by atoms with E-state index in [9.17, 15) is 0 Å². The predicted molar refractivity (Wildman–Crippen MR) is 82.0 cm³/mol. The summed E-state index contributed by atoms with van der Waals surface area (Å²) in [6, 6.07) is 5.24. The van der Waals surface area contributed by atoms with Crippen molar-refractivity contribution < 1.29 is 4.42 Å². The van der Waals surface area contributed by atoms with E-state index in [4.69, 9.17) is 4.42 Å². The second-order valence-corrected chi connectivity index (χ2v) is 6.32. The molecule has 2 aliphatic rings. The Kier molecular flexibility index (Phi) is 3.63.